The van der Waals surface area contributed by atoms with Crippen molar-refractivity contribution in [2.75, 3.05) is 13.6 Å². The number of aromatic amines is 1. The van der Waals surface area contributed by atoms with Crippen molar-refractivity contribution in [1.29, 1.82) is 0 Å². The van der Waals surface area contributed by atoms with Gasteiger partial charge in [-0.1, -0.05) is 18.9 Å². The first kappa shape index (κ1) is 17.5. The summed E-state index contributed by atoms with van der Waals surface area (Å²) in [7, 11) is 1.62. The van der Waals surface area contributed by atoms with Gasteiger partial charge in [-0.05, 0) is 25.0 Å². The van der Waals surface area contributed by atoms with Crippen LogP contribution in [-0.2, 0) is 0 Å². The van der Waals surface area contributed by atoms with Crippen LogP contribution >= 0.6 is 0 Å². The van der Waals surface area contributed by atoms with Crippen molar-refractivity contribution in [3.8, 4) is 11.3 Å². The molecule has 7 heteroatoms. The smallest absolute Gasteiger partial charge is 0.257 e. The average molecular weight is 349 g/mol. The standard InChI is InChI=1S/C18H21F2N3O2/c1-23(10-11-5-2-3-8-15(11)24)18(25)12-9-21-22-17(12)16-13(19)6-4-7-14(16)20/h4,6-7,9,11,15,24H,2-3,5,8,10H2,1H3,(H,21,22). The van der Waals surface area contributed by atoms with E-state index in [4.69, 9.17) is 0 Å². The number of hydrogen-bond acceptors (Lipinski definition) is 3. The molecule has 1 aliphatic rings. The number of rotatable bonds is 4. The van der Waals surface area contributed by atoms with Crippen molar-refractivity contribution in [3.05, 3.63) is 41.6 Å². The lowest BCUT2D eigenvalue weighted by molar-refractivity contribution is 0.0451. The van der Waals surface area contributed by atoms with Gasteiger partial charge in [-0.25, -0.2) is 8.78 Å². The maximum Gasteiger partial charge on any atom is 0.257 e. The molecule has 1 aromatic carbocycles. The number of benzene rings is 1. The molecule has 2 N–H and O–H groups in total. The van der Waals surface area contributed by atoms with Gasteiger partial charge >= 0.3 is 0 Å². The molecule has 1 heterocycles. The second-order valence-electron chi connectivity index (χ2n) is 6.55. The second kappa shape index (κ2) is 7.31. The molecule has 2 atom stereocenters. The molecule has 134 valence electrons. The maximum atomic E-state index is 14.0. The molecule has 3 rings (SSSR count). The topological polar surface area (TPSA) is 69.2 Å². The SMILES string of the molecule is CN(CC1CCCCC1O)C(=O)c1cn[nH]c1-c1c(F)cccc1F. The minimum atomic E-state index is -0.761. The van der Waals surface area contributed by atoms with E-state index >= 15 is 0 Å². The Balaban J connectivity index is 1.83. The van der Waals surface area contributed by atoms with Crippen LogP contribution in [0.25, 0.3) is 11.3 Å². The number of H-pyrrole nitrogens is 1. The third kappa shape index (κ3) is 3.56. The van der Waals surface area contributed by atoms with E-state index in [-0.39, 0.29) is 28.6 Å². The Bertz CT molecular complexity index is 742. The third-order valence-corrected chi connectivity index (χ3v) is 4.81. The Morgan fingerprint density at radius 3 is 2.68 bits per heavy atom. The molecule has 5 nitrogen and oxygen atoms in total. The van der Waals surface area contributed by atoms with Crippen molar-refractivity contribution in [2.24, 2.45) is 5.92 Å². The minimum absolute atomic E-state index is 0.0169. The highest BCUT2D eigenvalue weighted by Crippen LogP contribution is 2.29. The summed E-state index contributed by atoms with van der Waals surface area (Å²) in [6.45, 7) is 0.393. The van der Waals surface area contributed by atoms with Crippen LogP contribution in [-0.4, -0.2) is 45.8 Å². The van der Waals surface area contributed by atoms with Gasteiger partial charge in [0.05, 0.1) is 29.1 Å². The summed E-state index contributed by atoms with van der Waals surface area (Å²) in [4.78, 5) is 14.2. The Hall–Kier alpha value is -2.28. The van der Waals surface area contributed by atoms with E-state index in [2.05, 4.69) is 10.2 Å². The second-order valence-corrected chi connectivity index (χ2v) is 6.55. The van der Waals surface area contributed by atoms with Gasteiger partial charge in [-0.3, -0.25) is 9.89 Å². The van der Waals surface area contributed by atoms with Crippen molar-refractivity contribution in [3.63, 3.8) is 0 Å². The molecule has 0 saturated heterocycles. The summed E-state index contributed by atoms with van der Waals surface area (Å²) in [5.41, 5.74) is -0.164. The lowest BCUT2D eigenvalue weighted by Gasteiger charge is -2.31. The summed E-state index contributed by atoms with van der Waals surface area (Å²) in [5, 5.41) is 16.4. The van der Waals surface area contributed by atoms with Crippen LogP contribution in [0.15, 0.2) is 24.4 Å². The number of nitrogens with zero attached hydrogens (tertiary/aromatic N) is 2. The zero-order chi connectivity index (χ0) is 18.0. The molecule has 1 amide bonds. The van der Waals surface area contributed by atoms with E-state index in [9.17, 15) is 18.7 Å². The van der Waals surface area contributed by atoms with E-state index in [0.717, 1.165) is 37.8 Å². The van der Waals surface area contributed by atoms with Crippen LogP contribution < -0.4 is 0 Å². The molecule has 2 aromatic rings. The highest BCUT2D eigenvalue weighted by Gasteiger charge is 2.28. The monoisotopic (exact) mass is 349 g/mol. The quantitative estimate of drug-likeness (QED) is 0.892. The van der Waals surface area contributed by atoms with Crippen molar-refractivity contribution in [1.82, 2.24) is 15.1 Å². The van der Waals surface area contributed by atoms with E-state index in [1.165, 1.54) is 17.2 Å². The van der Waals surface area contributed by atoms with E-state index in [0.29, 0.717) is 6.54 Å². The van der Waals surface area contributed by atoms with Gasteiger partial charge in [-0.15, -0.1) is 0 Å². The summed E-state index contributed by atoms with van der Waals surface area (Å²) in [5.74, 6) is -1.89. The number of hydrogen-bond donors (Lipinski definition) is 2. The van der Waals surface area contributed by atoms with Gasteiger partial charge < -0.3 is 10.0 Å². The Morgan fingerprint density at radius 1 is 1.32 bits per heavy atom. The maximum absolute atomic E-state index is 14.0. The number of aromatic nitrogens is 2. The Morgan fingerprint density at radius 2 is 2.00 bits per heavy atom. The number of nitrogens with one attached hydrogen (secondary N) is 1. The van der Waals surface area contributed by atoms with Crippen LogP contribution in [0.5, 0.6) is 0 Å². The lowest BCUT2D eigenvalue weighted by atomic mass is 9.86. The molecule has 0 bridgehead atoms. The van der Waals surface area contributed by atoms with Gasteiger partial charge in [-0.2, -0.15) is 5.10 Å². The molecule has 25 heavy (non-hydrogen) atoms. The highest BCUT2D eigenvalue weighted by molar-refractivity contribution is 5.99. The fourth-order valence-electron chi connectivity index (χ4n) is 3.42. The van der Waals surface area contributed by atoms with Crippen LogP contribution in [0.3, 0.4) is 0 Å². The van der Waals surface area contributed by atoms with E-state index < -0.39 is 17.7 Å². The molecular formula is C18H21F2N3O2. The Kier molecular flexibility index (Phi) is 5.13. The normalized spacial score (nSPS) is 20.5. The molecular weight excluding hydrogens is 328 g/mol. The predicted octanol–water partition coefficient (Wildman–Crippen LogP) is 2.98. The van der Waals surface area contributed by atoms with Gasteiger partial charge in [0.25, 0.3) is 5.91 Å². The van der Waals surface area contributed by atoms with Crippen molar-refractivity contribution >= 4 is 5.91 Å². The van der Waals surface area contributed by atoms with Gasteiger partial charge in [0, 0.05) is 19.5 Å². The molecule has 1 fully saturated rings. The first-order valence-electron chi connectivity index (χ1n) is 8.40. The molecule has 0 aliphatic heterocycles. The molecule has 0 spiro atoms. The van der Waals surface area contributed by atoms with Crippen LogP contribution in [0.1, 0.15) is 36.0 Å². The zero-order valence-electron chi connectivity index (χ0n) is 14.0. The zero-order valence-corrected chi connectivity index (χ0v) is 14.0. The summed E-state index contributed by atoms with van der Waals surface area (Å²) >= 11 is 0. The van der Waals surface area contributed by atoms with Gasteiger partial charge in [0.15, 0.2) is 0 Å². The van der Waals surface area contributed by atoms with Crippen LogP contribution in [0, 0.1) is 17.6 Å². The summed E-state index contributed by atoms with van der Waals surface area (Å²) in [6.07, 6.45) is 4.48. The number of carbonyl (C=O) groups is 1. The first-order valence-corrected chi connectivity index (χ1v) is 8.40. The predicted molar refractivity (Wildman–Crippen MR) is 88.9 cm³/mol. The number of amides is 1. The van der Waals surface area contributed by atoms with Crippen LogP contribution in [0.2, 0.25) is 0 Å². The molecule has 1 aromatic heterocycles. The Labute approximate surface area is 144 Å². The van der Waals surface area contributed by atoms with E-state index in [1.54, 1.807) is 7.05 Å². The molecule has 2 unspecified atom stereocenters. The van der Waals surface area contributed by atoms with Crippen LogP contribution in [0.4, 0.5) is 8.78 Å². The highest BCUT2D eigenvalue weighted by atomic mass is 19.1. The largest absolute Gasteiger partial charge is 0.393 e. The molecule has 0 radical (unpaired) electrons. The number of halogens is 2. The van der Waals surface area contributed by atoms with Crippen molar-refractivity contribution in [2.45, 2.75) is 31.8 Å². The number of carbonyl (C=O) groups excluding carboxylic acids is 1. The van der Waals surface area contributed by atoms with Gasteiger partial charge in [0.1, 0.15) is 11.6 Å². The number of aliphatic hydroxyl groups excluding tert-OH is 1. The summed E-state index contributed by atoms with van der Waals surface area (Å²) < 4.78 is 28.1. The number of aliphatic hydroxyl groups is 1. The fraction of sp³-hybridized carbons (Fsp3) is 0.444. The third-order valence-electron chi connectivity index (χ3n) is 4.81. The molecule has 1 aliphatic carbocycles. The average Bonchev–Trinajstić information content (AvgIpc) is 3.05. The molecule has 1 saturated carbocycles. The van der Waals surface area contributed by atoms with Gasteiger partial charge in [0.2, 0.25) is 0 Å². The minimum Gasteiger partial charge on any atom is -0.393 e. The lowest BCUT2D eigenvalue weighted by Crippen LogP contribution is -2.38. The fourth-order valence-corrected chi connectivity index (χ4v) is 3.42. The van der Waals surface area contributed by atoms with E-state index in [1.807, 2.05) is 0 Å². The van der Waals surface area contributed by atoms with Crippen molar-refractivity contribution < 1.29 is 18.7 Å². The summed E-state index contributed by atoms with van der Waals surface area (Å²) in [6, 6.07) is 3.54. The first-order chi connectivity index (χ1) is 12.0.